The third-order valence-electron chi connectivity index (χ3n) is 3.60. The summed E-state index contributed by atoms with van der Waals surface area (Å²) in [7, 11) is 0. The molecule has 3 rings (SSSR count). The zero-order valence-electron chi connectivity index (χ0n) is 16.6. The number of ether oxygens (including phenoxy) is 1. The first-order valence-corrected chi connectivity index (χ1v) is 11.1. The number of para-hydroxylation sites is 1. The van der Waals surface area contributed by atoms with Crippen molar-refractivity contribution in [3.05, 3.63) is 54.9 Å². The van der Waals surface area contributed by atoms with Crippen LogP contribution in [0.15, 0.2) is 60.0 Å². The Kier molecular flexibility index (Phi) is 7.08. The highest BCUT2D eigenvalue weighted by molar-refractivity contribution is 14.1. The second-order valence-electron chi connectivity index (χ2n) is 7.15. The topological polar surface area (TPSA) is 99.0 Å². The number of nitrogens with zero attached hydrogens (tertiary/aromatic N) is 4. The molecule has 0 saturated heterocycles. The van der Waals surface area contributed by atoms with E-state index in [1.165, 1.54) is 4.57 Å². The minimum absolute atomic E-state index is 0.226. The number of thioether (sulfide) groups is 1. The fourth-order valence-corrected chi connectivity index (χ4v) is 3.92. The first-order chi connectivity index (χ1) is 14.2. The maximum absolute atomic E-state index is 12.9. The molecule has 0 aliphatic rings. The summed E-state index contributed by atoms with van der Waals surface area (Å²) in [5, 5.41) is 11.4. The molecule has 1 unspecified atom stereocenters. The van der Waals surface area contributed by atoms with E-state index < -0.39 is 15.0 Å². The van der Waals surface area contributed by atoms with Crippen molar-refractivity contribution in [1.29, 1.82) is 0 Å². The fourth-order valence-electron chi connectivity index (χ4n) is 2.37. The van der Waals surface area contributed by atoms with Crippen molar-refractivity contribution in [3.63, 3.8) is 0 Å². The minimum Gasteiger partial charge on any atom is -0.443 e. The highest BCUT2D eigenvalue weighted by Gasteiger charge is 2.28. The van der Waals surface area contributed by atoms with Gasteiger partial charge in [-0.3, -0.25) is 9.78 Å². The van der Waals surface area contributed by atoms with E-state index in [0.717, 1.165) is 11.8 Å². The smallest absolute Gasteiger partial charge is 0.422 e. The SMILES string of the molecule is CC(C)(C)OC(=O)n1c(SC(I)C(=O)Nc2ccccc2)nnc1-c1ccncc1. The Balaban J connectivity index is 1.87. The van der Waals surface area contributed by atoms with E-state index in [1.807, 2.05) is 40.8 Å². The molecule has 156 valence electrons. The Morgan fingerprint density at radius 2 is 1.77 bits per heavy atom. The summed E-state index contributed by atoms with van der Waals surface area (Å²) >= 11 is 3.11. The van der Waals surface area contributed by atoms with Crippen LogP contribution in [-0.4, -0.2) is 40.6 Å². The summed E-state index contributed by atoms with van der Waals surface area (Å²) in [5.74, 6) is 0.0946. The van der Waals surface area contributed by atoms with Crippen LogP contribution in [0.5, 0.6) is 0 Å². The molecule has 0 saturated carbocycles. The number of halogens is 1. The zero-order valence-corrected chi connectivity index (χ0v) is 19.5. The van der Waals surface area contributed by atoms with Gasteiger partial charge in [0.2, 0.25) is 11.1 Å². The van der Waals surface area contributed by atoms with Crippen LogP contribution >= 0.6 is 34.4 Å². The van der Waals surface area contributed by atoms with Crippen LogP contribution in [0.4, 0.5) is 10.5 Å². The van der Waals surface area contributed by atoms with Gasteiger partial charge in [0.25, 0.3) is 0 Å². The normalized spacial score (nSPS) is 12.3. The first-order valence-electron chi connectivity index (χ1n) is 9.00. The van der Waals surface area contributed by atoms with Gasteiger partial charge in [-0.15, -0.1) is 10.2 Å². The van der Waals surface area contributed by atoms with Gasteiger partial charge in [0.15, 0.2) is 5.82 Å². The van der Waals surface area contributed by atoms with E-state index in [4.69, 9.17) is 4.74 Å². The second-order valence-corrected chi connectivity index (χ2v) is 10.3. The monoisotopic (exact) mass is 537 g/mol. The van der Waals surface area contributed by atoms with Crippen LogP contribution < -0.4 is 5.32 Å². The Morgan fingerprint density at radius 3 is 2.40 bits per heavy atom. The largest absolute Gasteiger partial charge is 0.443 e. The zero-order chi connectivity index (χ0) is 21.7. The number of carbonyl (C=O) groups excluding carboxylic acids is 2. The lowest BCUT2D eigenvalue weighted by Crippen LogP contribution is -2.28. The molecule has 2 heterocycles. The number of aromatic nitrogens is 4. The van der Waals surface area contributed by atoms with E-state index in [1.54, 1.807) is 57.4 Å². The molecule has 0 fully saturated rings. The first kappa shape index (κ1) is 22.2. The highest BCUT2D eigenvalue weighted by atomic mass is 127. The molecule has 0 aliphatic carbocycles. The number of alkyl halides is 1. The molecule has 10 heteroatoms. The van der Waals surface area contributed by atoms with Gasteiger partial charge in [-0.1, -0.05) is 52.6 Å². The summed E-state index contributed by atoms with van der Waals surface area (Å²) in [5.41, 5.74) is 0.650. The number of anilines is 1. The van der Waals surface area contributed by atoms with Crippen molar-refractivity contribution in [2.45, 2.75) is 34.8 Å². The molecule has 0 aliphatic heterocycles. The number of amides is 1. The number of hydrogen-bond donors (Lipinski definition) is 1. The quantitative estimate of drug-likeness (QED) is 0.288. The Hall–Kier alpha value is -2.47. The lowest BCUT2D eigenvalue weighted by atomic mass is 10.2. The number of rotatable bonds is 5. The van der Waals surface area contributed by atoms with Crippen molar-refractivity contribution in [3.8, 4) is 11.4 Å². The third kappa shape index (κ3) is 5.79. The van der Waals surface area contributed by atoms with Crippen molar-refractivity contribution in [1.82, 2.24) is 19.7 Å². The number of pyridine rings is 1. The lowest BCUT2D eigenvalue weighted by Gasteiger charge is -2.20. The number of benzene rings is 1. The number of hydrogen-bond acceptors (Lipinski definition) is 7. The molecule has 0 spiro atoms. The molecule has 0 bridgehead atoms. The van der Waals surface area contributed by atoms with Gasteiger partial charge < -0.3 is 10.1 Å². The maximum atomic E-state index is 12.9. The highest BCUT2D eigenvalue weighted by Crippen LogP contribution is 2.31. The minimum atomic E-state index is -0.701. The van der Waals surface area contributed by atoms with Crippen molar-refractivity contribution in [2.75, 3.05) is 5.32 Å². The van der Waals surface area contributed by atoms with Crippen molar-refractivity contribution in [2.24, 2.45) is 0 Å². The summed E-state index contributed by atoms with van der Waals surface area (Å²) < 4.78 is 6.26. The third-order valence-corrected chi connectivity index (χ3v) is 5.83. The molecule has 1 aromatic carbocycles. The Labute approximate surface area is 192 Å². The predicted octanol–water partition coefficient (Wildman–Crippen LogP) is 4.62. The van der Waals surface area contributed by atoms with E-state index in [-0.39, 0.29) is 11.1 Å². The molecule has 30 heavy (non-hydrogen) atoms. The van der Waals surface area contributed by atoms with Gasteiger partial charge in [-0.25, -0.2) is 9.36 Å². The van der Waals surface area contributed by atoms with Crippen LogP contribution in [-0.2, 0) is 9.53 Å². The molecule has 3 aromatic rings. The standard InChI is InChI=1S/C20H20IN5O3S/c1-20(2,3)29-19(28)26-16(13-9-11-22-12-10-13)24-25-18(26)30-15(21)17(27)23-14-7-5-4-6-8-14/h4-12,15H,1-3H3,(H,23,27). The van der Waals surface area contributed by atoms with Crippen molar-refractivity contribution >= 4 is 52.0 Å². The summed E-state index contributed by atoms with van der Waals surface area (Å²) in [6, 6.07) is 12.6. The van der Waals surface area contributed by atoms with E-state index >= 15 is 0 Å². The van der Waals surface area contributed by atoms with E-state index in [0.29, 0.717) is 17.1 Å². The predicted molar refractivity (Wildman–Crippen MR) is 124 cm³/mol. The summed E-state index contributed by atoms with van der Waals surface area (Å²) in [6.07, 6.45) is 2.59. The second kappa shape index (κ2) is 9.56. The van der Waals surface area contributed by atoms with Gasteiger partial charge >= 0.3 is 6.09 Å². The summed E-state index contributed by atoms with van der Waals surface area (Å²) in [6.45, 7) is 5.34. The maximum Gasteiger partial charge on any atom is 0.422 e. The molecule has 8 nitrogen and oxygen atoms in total. The van der Waals surface area contributed by atoms with Gasteiger partial charge in [0, 0.05) is 23.6 Å². The van der Waals surface area contributed by atoms with Crippen LogP contribution in [0.2, 0.25) is 0 Å². The molecule has 0 radical (unpaired) electrons. The summed E-state index contributed by atoms with van der Waals surface area (Å²) in [4.78, 5) is 29.5. The van der Waals surface area contributed by atoms with E-state index in [2.05, 4.69) is 20.5 Å². The van der Waals surface area contributed by atoms with Gasteiger partial charge in [-0.2, -0.15) is 0 Å². The molecule has 1 atom stereocenters. The lowest BCUT2D eigenvalue weighted by molar-refractivity contribution is -0.114. The molecule has 2 aromatic heterocycles. The van der Waals surface area contributed by atoms with Gasteiger partial charge in [0.1, 0.15) is 8.86 Å². The average molecular weight is 537 g/mol. The Morgan fingerprint density at radius 1 is 1.10 bits per heavy atom. The van der Waals surface area contributed by atoms with Crippen LogP contribution in [0.3, 0.4) is 0 Å². The van der Waals surface area contributed by atoms with Crippen LogP contribution in [0, 0.1) is 0 Å². The molecular formula is C20H20IN5O3S. The van der Waals surface area contributed by atoms with Gasteiger partial charge in [0.05, 0.1) is 0 Å². The fraction of sp³-hybridized carbons (Fsp3) is 0.250. The van der Waals surface area contributed by atoms with Gasteiger partial charge in [-0.05, 0) is 45.0 Å². The van der Waals surface area contributed by atoms with E-state index in [9.17, 15) is 9.59 Å². The average Bonchev–Trinajstić information content (AvgIpc) is 3.12. The van der Waals surface area contributed by atoms with Crippen LogP contribution in [0.25, 0.3) is 11.4 Å². The number of nitrogens with one attached hydrogen (secondary N) is 1. The molecular weight excluding hydrogens is 517 g/mol. The molecule has 1 amide bonds. The number of carbonyl (C=O) groups is 2. The Bertz CT molecular complexity index is 1020. The molecule has 1 N–H and O–H groups in total. The van der Waals surface area contributed by atoms with Crippen LogP contribution in [0.1, 0.15) is 20.8 Å². The van der Waals surface area contributed by atoms with Crippen molar-refractivity contribution < 1.29 is 14.3 Å².